The first-order valence-corrected chi connectivity index (χ1v) is 5.83. The van der Waals surface area contributed by atoms with E-state index >= 15 is 0 Å². The van der Waals surface area contributed by atoms with Crippen LogP contribution in [0.1, 0.15) is 11.3 Å². The second-order valence-corrected chi connectivity index (χ2v) is 4.64. The van der Waals surface area contributed by atoms with Crippen LogP contribution in [-0.4, -0.2) is 4.98 Å². The molecule has 1 heterocycles. The first-order valence-electron chi connectivity index (χ1n) is 4.69. The van der Waals surface area contributed by atoms with Gasteiger partial charge in [0, 0.05) is 18.3 Å². The molecule has 2 rings (SSSR count). The fourth-order valence-electron chi connectivity index (χ4n) is 1.37. The predicted octanol–water partition coefficient (Wildman–Crippen LogP) is 4.63. The minimum Gasteiger partial charge on any atom is -0.259 e. The molecule has 0 aliphatic rings. The third kappa shape index (κ3) is 2.88. The molecule has 0 aliphatic carbocycles. The molecule has 0 saturated heterocycles. The van der Waals surface area contributed by atoms with Gasteiger partial charge in [-0.3, -0.25) is 4.98 Å². The Balaban J connectivity index is 2.20. The molecular formula is C12H8Cl3N. The van der Waals surface area contributed by atoms with Crippen molar-refractivity contribution < 1.29 is 0 Å². The standard InChI is InChI=1S/C12H8Cl3N/c13-9-2-3-10(16-7-9)5-8-1-4-11(14)12(15)6-8/h1-4,6-7H,5H2. The Hall–Kier alpha value is -0.760. The van der Waals surface area contributed by atoms with Gasteiger partial charge in [-0.25, -0.2) is 0 Å². The third-order valence-electron chi connectivity index (χ3n) is 2.16. The molecule has 2 aromatic rings. The van der Waals surface area contributed by atoms with Gasteiger partial charge in [-0.1, -0.05) is 40.9 Å². The molecule has 0 atom stereocenters. The molecule has 0 radical (unpaired) electrons. The molecule has 0 N–H and O–H groups in total. The number of hydrogen-bond acceptors (Lipinski definition) is 1. The summed E-state index contributed by atoms with van der Waals surface area (Å²) in [6.07, 6.45) is 2.35. The highest BCUT2D eigenvalue weighted by atomic mass is 35.5. The quantitative estimate of drug-likeness (QED) is 0.776. The molecule has 16 heavy (non-hydrogen) atoms. The lowest BCUT2D eigenvalue weighted by atomic mass is 10.1. The first-order chi connectivity index (χ1) is 7.65. The second-order valence-electron chi connectivity index (χ2n) is 3.39. The number of hydrogen-bond donors (Lipinski definition) is 0. The van der Waals surface area contributed by atoms with Crippen LogP contribution in [0.15, 0.2) is 36.5 Å². The Labute approximate surface area is 109 Å². The average Bonchev–Trinajstić information content (AvgIpc) is 2.27. The number of aromatic nitrogens is 1. The molecule has 0 amide bonds. The van der Waals surface area contributed by atoms with Crippen LogP contribution >= 0.6 is 34.8 Å². The average molecular weight is 273 g/mol. The lowest BCUT2D eigenvalue weighted by Crippen LogP contribution is -1.91. The van der Waals surface area contributed by atoms with E-state index in [4.69, 9.17) is 34.8 Å². The lowest BCUT2D eigenvalue weighted by molar-refractivity contribution is 1.07. The zero-order valence-corrected chi connectivity index (χ0v) is 10.5. The van der Waals surface area contributed by atoms with E-state index in [2.05, 4.69) is 4.98 Å². The van der Waals surface area contributed by atoms with Gasteiger partial charge in [-0.05, 0) is 29.8 Å². The van der Waals surface area contributed by atoms with E-state index < -0.39 is 0 Å². The Bertz CT molecular complexity index is 494. The van der Waals surface area contributed by atoms with E-state index in [1.807, 2.05) is 24.3 Å². The van der Waals surface area contributed by atoms with Crippen molar-refractivity contribution in [2.45, 2.75) is 6.42 Å². The van der Waals surface area contributed by atoms with Crippen LogP contribution in [0.2, 0.25) is 15.1 Å². The molecule has 4 heteroatoms. The van der Waals surface area contributed by atoms with E-state index in [-0.39, 0.29) is 0 Å². The topological polar surface area (TPSA) is 12.9 Å². The molecule has 82 valence electrons. The van der Waals surface area contributed by atoms with Crippen LogP contribution in [0.5, 0.6) is 0 Å². The van der Waals surface area contributed by atoms with Gasteiger partial charge in [-0.15, -0.1) is 0 Å². The van der Waals surface area contributed by atoms with Gasteiger partial charge in [0.25, 0.3) is 0 Å². The Morgan fingerprint density at radius 3 is 2.38 bits per heavy atom. The van der Waals surface area contributed by atoms with Crippen molar-refractivity contribution in [3.8, 4) is 0 Å². The maximum atomic E-state index is 5.93. The fraction of sp³-hybridized carbons (Fsp3) is 0.0833. The monoisotopic (exact) mass is 271 g/mol. The van der Waals surface area contributed by atoms with Crippen molar-refractivity contribution >= 4 is 34.8 Å². The maximum Gasteiger partial charge on any atom is 0.0595 e. The summed E-state index contributed by atoms with van der Waals surface area (Å²) in [6, 6.07) is 9.28. The van der Waals surface area contributed by atoms with Crippen LogP contribution in [0.3, 0.4) is 0 Å². The highest BCUT2D eigenvalue weighted by Gasteiger charge is 2.01. The van der Waals surface area contributed by atoms with E-state index in [1.54, 1.807) is 12.3 Å². The summed E-state index contributed by atoms with van der Waals surface area (Å²) in [5, 5.41) is 1.76. The van der Waals surface area contributed by atoms with Crippen molar-refractivity contribution in [2.75, 3.05) is 0 Å². The highest BCUT2D eigenvalue weighted by Crippen LogP contribution is 2.23. The number of halogens is 3. The van der Waals surface area contributed by atoms with Crippen LogP contribution in [0.25, 0.3) is 0 Å². The van der Waals surface area contributed by atoms with E-state index in [9.17, 15) is 0 Å². The molecule has 1 nitrogen and oxygen atoms in total. The second kappa shape index (κ2) is 5.05. The van der Waals surface area contributed by atoms with Crippen molar-refractivity contribution in [2.24, 2.45) is 0 Å². The summed E-state index contributed by atoms with van der Waals surface area (Å²) in [5.41, 5.74) is 2.02. The Kier molecular flexibility index (Phi) is 3.70. The van der Waals surface area contributed by atoms with Crippen molar-refractivity contribution in [1.82, 2.24) is 4.98 Å². The summed E-state index contributed by atoms with van der Waals surface area (Å²) in [5.74, 6) is 0. The van der Waals surface area contributed by atoms with Crippen molar-refractivity contribution in [3.63, 3.8) is 0 Å². The number of benzene rings is 1. The molecular weight excluding hydrogens is 264 g/mol. The van der Waals surface area contributed by atoms with Crippen LogP contribution in [-0.2, 0) is 6.42 Å². The van der Waals surface area contributed by atoms with Gasteiger partial charge >= 0.3 is 0 Å². The van der Waals surface area contributed by atoms with Gasteiger partial charge in [0.15, 0.2) is 0 Å². The van der Waals surface area contributed by atoms with E-state index in [0.717, 1.165) is 11.3 Å². The molecule has 0 bridgehead atoms. The molecule has 0 spiro atoms. The fourth-order valence-corrected chi connectivity index (χ4v) is 1.80. The van der Waals surface area contributed by atoms with Gasteiger partial charge in [-0.2, -0.15) is 0 Å². The Morgan fingerprint density at radius 2 is 1.75 bits per heavy atom. The minimum atomic E-state index is 0.563. The molecule has 0 fully saturated rings. The molecule has 1 aromatic carbocycles. The van der Waals surface area contributed by atoms with Crippen LogP contribution < -0.4 is 0 Å². The molecule has 1 aromatic heterocycles. The summed E-state index contributed by atoms with van der Waals surface area (Å²) in [7, 11) is 0. The number of pyridine rings is 1. The number of nitrogens with zero attached hydrogens (tertiary/aromatic N) is 1. The van der Waals surface area contributed by atoms with Gasteiger partial charge < -0.3 is 0 Å². The largest absolute Gasteiger partial charge is 0.259 e. The van der Waals surface area contributed by atoms with Crippen molar-refractivity contribution in [1.29, 1.82) is 0 Å². The minimum absolute atomic E-state index is 0.563. The van der Waals surface area contributed by atoms with Gasteiger partial charge in [0.1, 0.15) is 0 Å². The summed E-state index contributed by atoms with van der Waals surface area (Å²) in [6.45, 7) is 0. The van der Waals surface area contributed by atoms with Crippen molar-refractivity contribution in [3.05, 3.63) is 62.9 Å². The van der Waals surface area contributed by atoms with Crippen LogP contribution in [0, 0.1) is 0 Å². The molecule has 0 aliphatic heterocycles. The normalized spacial score (nSPS) is 10.4. The third-order valence-corrected chi connectivity index (χ3v) is 3.12. The summed E-state index contributed by atoms with van der Waals surface area (Å²) >= 11 is 17.5. The maximum absolute atomic E-state index is 5.93. The zero-order valence-electron chi connectivity index (χ0n) is 8.25. The Morgan fingerprint density at radius 1 is 0.938 bits per heavy atom. The first kappa shape index (κ1) is 11.7. The SMILES string of the molecule is Clc1ccc(Cc2ccc(Cl)c(Cl)c2)nc1. The predicted molar refractivity (Wildman–Crippen MR) is 68.5 cm³/mol. The van der Waals surface area contributed by atoms with Crippen LogP contribution in [0.4, 0.5) is 0 Å². The molecule has 0 saturated carbocycles. The number of rotatable bonds is 2. The zero-order chi connectivity index (χ0) is 11.5. The lowest BCUT2D eigenvalue weighted by Gasteiger charge is -2.03. The van der Waals surface area contributed by atoms with E-state index in [0.29, 0.717) is 21.5 Å². The highest BCUT2D eigenvalue weighted by molar-refractivity contribution is 6.42. The summed E-state index contributed by atoms with van der Waals surface area (Å²) in [4.78, 5) is 4.22. The summed E-state index contributed by atoms with van der Waals surface area (Å²) < 4.78 is 0. The van der Waals surface area contributed by atoms with E-state index in [1.165, 1.54) is 0 Å². The van der Waals surface area contributed by atoms with Gasteiger partial charge in [0.05, 0.1) is 15.1 Å². The van der Waals surface area contributed by atoms with Gasteiger partial charge in [0.2, 0.25) is 0 Å². The smallest absolute Gasteiger partial charge is 0.0595 e. The molecule has 0 unspecified atom stereocenters.